The van der Waals surface area contributed by atoms with Crippen molar-refractivity contribution in [3.8, 4) is 0 Å². The summed E-state index contributed by atoms with van der Waals surface area (Å²) in [5, 5.41) is 0. The molecule has 0 saturated heterocycles. The first-order valence-electron chi connectivity index (χ1n) is 10.3. The Balaban J connectivity index is 0.00000196. The van der Waals surface area contributed by atoms with Gasteiger partial charge in [0.25, 0.3) is 0 Å². The predicted octanol–water partition coefficient (Wildman–Crippen LogP) is 4.49. The number of aryl methyl sites for hydroxylation is 1. The van der Waals surface area contributed by atoms with Gasteiger partial charge in [0, 0.05) is 18.5 Å². The lowest BCUT2D eigenvalue weighted by molar-refractivity contribution is -0.141. The Morgan fingerprint density at radius 3 is 2.54 bits per heavy atom. The molecule has 1 aromatic rings. The fourth-order valence-corrected chi connectivity index (χ4v) is 5.74. The quantitative estimate of drug-likeness (QED) is 0.841. The van der Waals surface area contributed by atoms with E-state index in [9.17, 15) is 4.79 Å². The lowest BCUT2D eigenvalue weighted by Gasteiger charge is -2.45. The van der Waals surface area contributed by atoms with Crippen molar-refractivity contribution in [1.82, 2.24) is 4.90 Å². The molecule has 4 heteroatoms. The maximum atomic E-state index is 13.5. The van der Waals surface area contributed by atoms with Crippen LogP contribution in [-0.4, -0.2) is 23.4 Å². The molecule has 2 N–H and O–H groups in total. The molecule has 144 valence electrons. The number of benzene rings is 1. The third kappa shape index (κ3) is 3.53. The fraction of sp³-hybridized carbons (Fsp3) is 0.682. The summed E-state index contributed by atoms with van der Waals surface area (Å²) < 4.78 is 0. The molecule has 0 radical (unpaired) electrons. The van der Waals surface area contributed by atoms with E-state index in [4.69, 9.17) is 5.73 Å². The minimum absolute atomic E-state index is 0. The fourth-order valence-electron chi connectivity index (χ4n) is 5.74. The van der Waals surface area contributed by atoms with E-state index in [1.165, 1.54) is 30.4 Å². The van der Waals surface area contributed by atoms with Crippen LogP contribution in [0.5, 0.6) is 0 Å². The first kappa shape index (κ1) is 19.7. The minimum atomic E-state index is 0. The smallest absolute Gasteiger partial charge is 0.226 e. The standard InChI is InChI=1S/C22H32N2O.ClH/c1-2-12-24(20-11-10-15-6-3-4-9-19(15)20)22(25)18-13-16-7-5-8-17(14-18)21(16)23;/h3-4,6,9,16-18,20-21H,2,5,7-8,10-14,23H2,1H3;1H. The topological polar surface area (TPSA) is 46.3 Å². The summed E-state index contributed by atoms with van der Waals surface area (Å²) >= 11 is 0. The molecular formula is C22H33ClN2O. The number of carbonyl (C=O) groups excluding carboxylic acids is 1. The van der Waals surface area contributed by atoms with Crippen LogP contribution in [0.25, 0.3) is 0 Å². The van der Waals surface area contributed by atoms with Crippen LogP contribution in [0.15, 0.2) is 24.3 Å². The van der Waals surface area contributed by atoms with E-state index in [-0.39, 0.29) is 18.3 Å². The summed E-state index contributed by atoms with van der Waals surface area (Å²) in [6, 6.07) is 9.33. The van der Waals surface area contributed by atoms with E-state index in [1.54, 1.807) is 0 Å². The van der Waals surface area contributed by atoms with E-state index in [0.717, 1.165) is 38.6 Å². The lowest BCUT2D eigenvalue weighted by atomic mass is 9.65. The van der Waals surface area contributed by atoms with Gasteiger partial charge in [0.15, 0.2) is 0 Å². The van der Waals surface area contributed by atoms with Crippen molar-refractivity contribution in [1.29, 1.82) is 0 Å². The molecule has 3 aliphatic carbocycles. The molecule has 0 heterocycles. The number of halogens is 1. The molecule has 3 nitrogen and oxygen atoms in total. The zero-order valence-corrected chi connectivity index (χ0v) is 16.7. The SMILES string of the molecule is CCCN(C(=O)C1CC2CCCC(C1)C2N)C1CCc2ccccc21.Cl. The van der Waals surface area contributed by atoms with Gasteiger partial charge in [-0.3, -0.25) is 4.79 Å². The highest BCUT2D eigenvalue weighted by Crippen LogP contribution is 2.44. The highest BCUT2D eigenvalue weighted by Gasteiger charge is 2.43. The average Bonchev–Trinajstić information content (AvgIpc) is 3.03. The minimum Gasteiger partial charge on any atom is -0.335 e. The first-order valence-corrected chi connectivity index (χ1v) is 10.3. The molecule has 4 rings (SSSR count). The number of nitrogens with two attached hydrogens (primary N) is 1. The van der Waals surface area contributed by atoms with E-state index < -0.39 is 0 Å². The van der Waals surface area contributed by atoms with Crippen LogP contribution < -0.4 is 5.73 Å². The molecule has 2 bridgehead atoms. The molecule has 0 aromatic heterocycles. The van der Waals surface area contributed by atoms with Gasteiger partial charge in [-0.2, -0.15) is 0 Å². The Hall–Kier alpha value is -1.06. The van der Waals surface area contributed by atoms with Gasteiger partial charge in [-0.1, -0.05) is 37.6 Å². The van der Waals surface area contributed by atoms with Crippen LogP contribution >= 0.6 is 12.4 Å². The van der Waals surface area contributed by atoms with Gasteiger partial charge in [-0.25, -0.2) is 0 Å². The highest BCUT2D eigenvalue weighted by molar-refractivity contribution is 5.85. The average molecular weight is 377 g/mol. The Kier molecular flexibility index (Phi) is 6.29. The first-order chi connectivity index (χ1) is 12.2. The van der Waals surface area contributed by atoms with Crippen LogP contribution in [0.4, 0.5) is 0 Å². The van der Waals surface area contributed by atoms with E-state index in [0.29, 0.717) is 29.8 Å². The van der Waals surface area contributed by atoms with Gasteiger partial charge in [0.05, 0.1) is 6.04 Å². The third-order valence-electron chi connectivity index (χ3n) is 6.99. The van der Waals surface area contributed by atoms with Crippen molar-refractivity contribution >= 4 is 18.3 Å². The van der Waals surface area contributed by atoms with Gasteiger partial charge >= 0.3 is 0 Å². The Bertz CT molecular complexity index is 620. The summed E-state index contributed by atoms with van der Waals surface area (Å²) in [7, 11) is 0. The molecule has 3 atom stereocenters. The van der Waals surface area contributed by atoms with Crippen molar-refractivity contribution in [2.24, 2.45) is 23.5 Å². The maximum absolute atomic E-state index is 13.5. The second kappa shape index (κ2) is 8.31. The van der Waals surface area contributed by atoms with Crippen molar-refractivity contribution in [2.75, 3.05) is 6.54 Å². The van der Waals surface area contributed by atoms with Gasteiger partial charge in [0.1, 0.15) is 0 Å². The number of hydrogen-bond acceptors (Lipinski definition) is 2. The Labute approximate surface area is 164 Å². The van der Waals surface area contributed by atoms with Crippen LogP contribution in [0.1, 0.15) is 69.0 Å². The summed E-state index contributed by atoms with van der Waals surface area (Å²) in [6.07, 6.45) is 9.01. The number of rotatable bonds is 4. The van der Waals surface area contributed by atoms with Crippen LogP contribution in [0, 0.1) is 17.8 Å². The molecular weight excluding hydrogens is 344 g/mol. The van der Waals surface area contributed by atoms with Crippen LogP contribution in [0.3, 0.4) is 0 Å². The van der Waals surface area contributed by atoms with Crippen LogP contribution in [0.2, 0.25) is 0 Å². The molecule has 0 spiro atoms. The summed E-state index contributed by atoms with van der Waals surface area (Å²) in [5.74, 6) is 1.75. The summed E-state index contributed by atoms with van der Waals surface area (Å²) in [6.45, 7) is 3.07. The number of nitrogens with zero attached hydrogens (tertiary/aromatic N) is 1. The van der Waals surface area contributed by atoms with Crippen molar-refractivity contribution in [3.05, 3.63) is 35.4 Å². The molecule has 1 amide bonds. The van der Waals surface area contributed by atoms with E-state index >= 15 is 0 Å². The van der Waals surface area contributed by atoms with Gasteiger partial charge in [-0.15, -0.1) is 12.4 Å². The zero-order chi connectivity index (χ0) is 17.4. The van der Waals surface area contributed by atoms with E-state index in [2.05, 4.69) is 36.1 Å². The van der Waals surface area contributed by atoms with Crippen molar-refractivity contribution in [3.63, 3.8) is 0 Å². The largest absolute Gasteiger partial charge is 0.335 e. The molecule has 2 fully saturated rings. The lowest BCUT2D eigenvalue weighted by Crippen LogP contribution is -2.50. The second-order valence-corrected chi connectivity index (χ2v) is 8.48. The molecule has 26 heavy (non-hydrogen) atoms. The summed E-state index contributed by atoms with van der Waals surface area (Å²) in [5.41, 5.74) is 9.26. The van der Waals surface area contributed by atoms with Crippen molar-refractivity contribution < 1.29 is 4.79 Å². The second-order valence-electron chi connectivity index (χ2n) is 8.48. The Morgan fingerprint density at radius 1 is 1.15 bits per heavy atom. The number of carbonyl (C=O) groups is 1. The molecule has 1 aromatic carbocycles. The zero-order valence-electron chi connectivity index (χ0n) is 15.9. The monoisotopic (exact) mass is 376 g/mol. The number of fused-ring (bicyclic) bond motifs is 3. The molecule has 3 unspecified atom stereocenters. The number of hydrogen-bond donors (Lipinski definition) is 1. The molecule has 0 aliphatic heterocycles. The maximum Gasteiger partial charge on any atom is 0.226 e. The Morgan fingerprint density at radius 2 is 1.85 bits per heavy atom. The number of amides is 1. The van der Waals surface area contributed by atoms with E-state index in [1.807, 2.05) is 0 Å². The molecule has 2 saturated carbocycles. The van der Waals surface area contributed by atoms with Gasteiger partial charge in [0.2, 0.25) is 5.91 Å². The third-order valence-corrected chi connectivity index (χ3v) is 6.99. The highest BCUT2D eigenvalue weighted by atomic mass is 35.5. The van der Waals surface area contributed by atoms with Crippen LogP contribution in [-0.2, 0) is 11.2 Å². The van der Waals surface area contributed by atoms with Gasteiger partial charge in [-0.05, 0) is 67.9 Å². The normalized spacial score (nSPS) is 32.5. The predicted molar refractivity (Wildman–Crippen MR) is 108 cm³/mol. The van der Waals surface area contributed by atoms with Gasteiger partial charge < -0.3 is 10.6 Å². The van der Waals surface area contributed by atoms with Crippen molar-refractivity contribution in [2.45, 2.75) is 70.4 Å². The molecule has 3 aliphatic rings. The summed E-state index contributed by atoms with van der Waals surface area (Å²) in [4.78, 5) is 15.7.